The van der Waals surface area contributed by atoms with Crippen LogP contribution in [0.2, 0.25) is 0 Å². The van der Waals surface area contributed by atoms with E-state index in [1.54, 1.807) is 17.4 Å². The molecule has 0 saturated heterocycles. The van der Waals surface area contributed by atoms with Gasteiger partial charge in [-0.15, -0.1) is 17.9 Å². The largest absolute Gasteiger partial charge is 0.480 e. The van der Waals surface area contributed by atoms with Crippen LogP contribution in [0.15, 0.2) is 23.2 Å². The molecule has 0 radical (unpaired) electrons. The van der Waals surface area contributed by atoms with Crippen LogP contribution in [0, 0.1) is 6.92 Å². The fourth-order valence-corrected chi connectivity index (χ4v) is 3.02. The lowest BCUT2D eigenvalue weighted by Crippen LogP contribution is -2.29. The summed E-state index contributed by atoms with van der Waals surface area (Å²) in [5.74, 6) is -0.811. The highest BCUT2D eigenvalue weighted by atomic mass is 79.9. The molecule has 3 nitrogen and oxygen atoms in total. The van der Waals surface area contributed by atoms with E-state index in [9.17, 15) is 4.79 Å². The molecule has 0 atom stereocenters. The maximum absolute atomic E-state index is 10.7. The van der Waals surface area contributed by atoms with E-state index in [-0.39, 0.29) is 6.54 Å². The number of rotatable bonds is 6. The first-order chi connectivity index (χ1) is 7.52. The highest BCUT2D eigenvalue weighted by Crippen LogP contribution is 2.27. The van der Waals surface area contributed by atoms with E-state index in [0.717, 1.165) is 9.35 Å². The Hall–Kier alpha value is -0.650. The minimum atomic E-state index is -0.811. The first-order valence-electron chi connectivity index (χ1n) is 4.82. The van der Waals surface area contributed by atoms with Gasteiger partial charge in [0, 0.05) is 27.3 Å². The van der Waals surface area contributed by atoms with Crippen molar-refractivity contribution in [2.24, 2.45) is 0 Å². The van der Waals surface area contributed by atoms with Crippen LogP contribution in [0.4, 0.5) is 0 Å². The van der Waals surface area contributed by atoms with Crippen LogP contribution in [0.5, 0.6) is 0 Å². The molecule has 0 amide bonds. The van der Waals surface area contributed by atoms with Crippen LogP contribution < -0.4 is 0 Å². The third-order valence-electron chi connectivity index (χ3n) is 2.03. The van der Waals surface area contributed by atoms with Crippen molar-refractivity contribution >= 4 is 33.2 Å². The molecule has 88 valence electrons. The topological polar surface area (TPSA) is 40.5 Å². The number of carboxylic acids is 1. The van der Waals surface area contributed by atoms with Gasteiger partial charge in [0.15, 0.2) is 0 Å². The molecule has 1 aromatic heterocycles. The molecule has 0 spiro atoms. The average molecular weight is 304 g/mol. The van der Waals surface area contributed by atoms with Crippen molar-refractivity contribution in [1.29, 1.82) is 0 Å². The second kappa shape index (κ2) is 6.18. The first kappa shape index (κ1) is 13.4. The number of hydrogen-bond acceptors (Lipinski definition) is 3. The zero-order valence-electron chi connectivity index (χ0n) is 9.07. The van der Waals surface area contributed by atoms with Gasteiger partial charge >= 0.3 is 5.97 Å². The monoisotopic (exact) mass is 303 g/mol. The van der Waals surface area contributed by atoms with Crippen LogP contribution in [-0.4, -0.2) is 29.1 Å². The van der Waals surface area contributed by atoms with Gasteiger partial charge in [0.2, 0.25) is 0 Å². The Morgan fingerprint density at radius 2 is 2.44 bits per heavy atom. The van der Waals surface area contributed by atoms with Crippen molar-refractivity contribution < 1.29 is 9.90 Å². The standard InChI is InChI=1S/C11H14BrNO2S/c1-3-4-13(7-11(14)15)6-9-5-10(12)8(2)16-9/h3,5H,1,4,6-7H2,2H3,(H,14,15). The number of halogens is 1. The van der Waals surface area contributed by atoms with E-state index in [4.69, 9.17) is 5.11 Å². The van der Waals surface area contributed by atoms with E-state index in [1.165, 1.54) is 4.88 Å². The number of thiophene rings is 1. The Balaban J connectivity index is 2.66. The third-order valence-corrected chi connectivity index (χ3v) is 4.16. The number of aryl methyl sites for hydroxylation is 1. The summed E-state index contributed by atoms with van der Waals surface area (Å²) in [6, 6.07) is 2.04. The number of hydrogen-bond donors (Lipinski definition) is 1. The molecule has 0 fully saturated rings. The second-order valence-electron chi connectivity index (χ2n) is 3.47. The molecule has 0 saturated carbocycles. The van der Waals surface area contributed by atoms with Crippen LogP contribution >= 0.6 is 27.3 Å². The van der Waals surface area contributed by atoms with E-state index in [2.05, 4.69) is 22.5 Å². The van der Waals surface area contributed by atoms with Crippen molar-refractivity contribution in [3.05, 3.63) is 32.9 Å². The molecule has 0 aliphatic heterocycles. The van der Waals surface area contributed by atoms with Gasteiger partial charge in [-0.1, -0.05) is 6.08 Å². The summed E-state index contributed by atoms with van der Waals surface area (Å²) >= 11 is 5.13. The van der Waals surface area contributed by atoms with Crippen molar-refractivity contribution in [2.75, 3.05) is 13.1 Å². The Morgan fingerprint density at radius 3 is 2.88 bits per heavy atom. The lowest BCUT2D eigenvalue weighted by atomic mass is 10.3. The van der Waals surface area contributed by atoms with Crippen LogP contribution in [-0.2, 0) is 11.3 Å². The van der Waals surface area contributed by atoms with Crippen LogP contribution in [0.1, 0.15) is 9.75 Å². The zero-order chi connectivity index (χ0) is 12.1. The molecule has 0 aromatic carbocycles. The number of nitrogens with zero attached hydrogens (tertiary/aromatic N) is 1. The Bertz CT molecular complexity index is 370. The minimum Gasteiger partial charge on any atom is -0.480 e. The van der Waals surface area contributed by atoms with Crippen LogP contribution in [0.25, 0.3) is 0 Å². The Labute approximate surface area is 108 Å². The molecule has 5 heteroatoms. The van der Waals surface area contributed by atoms with Gasteiger partial charge in [0.05, 0.1) is 6.54 Å². The average Bonchev–Trinajstić information content (AvgIpc) is 2.45. The summed E-state index contributed by atoms with van der Waals surface area (Å²) in [4.78, 5) is 14.9. The zero-order valence-corrected chi connectivity index (χ0v) is 11.5. The van der Waals surface area contributed by atoms with Crippen molar-refractivity contribution in [2.45, 2.75) is 13.5 Å². The second-order valence-corrected chi connectivity index (χ2v) is 5.66. The summed E-state index contributed by atoms with van der Waals surface area (Å²) in [5.41, 5.74) is 0. The molecule has 0 bridgehead atoms. The highest BCUT2D eigenvalue weighted by molar-refractivity contribution is 9.10. The number of aliphatic carboxylic acids is 1. The first-order valence-corrected chi connectivity index (χ1v) is 6.43. The molecule has 0 aliphatic carbocycles. The predicted molar refractivity (Wildman–Crippen MR) is 69.9 cm³/mol. The van der Waals surface area contributed by atoms with Gasteiger partial charge in [0.25, 0.3) is 0 Å². The summed E-state index contributed by atoms with van der Waals surface area (Å²) in [7, 11) is 0. The summed E-state index contributed by atoms with van der Waals surface area (Å²) in [6.07, 6.45) is 1.72. The summed E-state index contributed by atoms with van der Waals surface area (Å²) < 4.78 is 1.08. The Kier molecular flexibility index (Phi) is 5.18. The van der Waals surface area contributed by atoms with E-state index in [1.807, 2.05) is 17.9 Å². The smallest absolute Gasteiger partial charge is 0.317 e. The Morgan fingerprint density at radius 1 is 1.75 bits per heavy atom. The fourth-order valence-electron chi connectivity index (χ4n) is 1.37. The highest BCUT2D eigenvalue weighted by Gasteiger charge is 2.11. The van der Waals surface area contributed by atoms with Gasteiger partial charge in [-0.05, 0) is 28.9 Å². The predicted octanol–water partition coefficient (Wildman–Crippen LogP) is 2.89. The van der Waals surface area contributed by atoms with E-state index in [0.29, 0.717) is 13.1 Å². The van der Waals surface area contributed by atoms with Crippen molar-refractivity contribution in [3.63, 3.8) is 0 Å². The van der Waals surface area contributed by atoms with Gasteiger partial charge in [-0.25, -0.2) is 0 Å². The molecule has 16 heavy (non-hydrogen) atoms. The molecule has 0 aliphatic rings. The van der Waals surface area contributed by atoms with Gasteiger partial charge < -0.3 is 5.11 Å². The van der Waals surface area contributed by atoms with Crippen molar-refractivity contribution in [1.82, 2.24) is 4.90 Å². The molecular weight excluding hydrogens is 290 g/mol. The normalized spacial score (nSPS) is 10.7. The molecule has 1 rings (SSSR count). The fraction of sp³-hybridized carbons (Fsp3) is 0.364. The maximum Gasteiger partial charge on any atom is 0.317 e. The SMILES string of the molecule is C=CCN(CC(=O)O)Cc1cc(Br)c(C)s1. The lowest BCUT2D eigenvalue weighted by Gasteiger charge is -2.16. The summed E-state index contributed by atoms with van der Waals surface area (Å²) in [5, 5.41) is 8.77. The minimum absolute atomic E-state index is 0.0422. The maximum atomic E-state index is 10.7. The molecule has 1 N–H and O–H groups in total. The van der Waals surface area contributed by atoms with Crippen molar-refractivity contribution in [3.8, 4) is 0 Å². The molecular formula is C11H14BrNO2S. The quantitative estimate of drug-likeness (QED) is 0.822. The van der Waals surface area contributed by atoms with Gasteiger partial charge in [-0.2, -0.15) is 0 Å². The van der Waals surface area contributed by atoms with E-state index < -0.39 is 5.97 Å². The summed E-state index contributed by atoms with van der Waals surface area (Å²) in [6.45, 7) is 6.94. The van der Waals surface area contributed by atoms with Crippen LogP contribution in [0.3, 0.4) is 0 Å². The van der Waals surface area contributed by atoms with E-state index >= 15 is 0 Å². The third kappa shape index (κ3) is 4.08. The van der Waals surface area contributed by atoms with Gasteiger partial charge in [-0.3, -0.25) is 9.69 Å². The molecule has 1 heterocycles. The number of carboxylic acid groups (broad SMARTS) is 1. The molecule has 1 aromatic rings. The number of carbonyl (C=O) groups is 1. The van der Waals surface area contributed by atoms with Gasteiger partial charge in [0.1, 0.15) is 0 Å². The molecule has 0 unspecified atom stereocenters. The lowest BCUT2D eigenvalue weighted by molar-refractivity contribution is -0.138.